The van der Waals surface area contributed by atoms with Crippen LogP contribution in [0.25, 0.3) is 10.4 Å². The number of anilines is 1. The van der Waals surface area contributed by atoms with Crippen LogP contribution in [-0.2, 0) is 12.8 Å². The highest BCUT2D eigenvalue weighted by atomic mass is 32.1. The van der Waals surface area contributed by atoms with E-state index in [4.69, 9.17) is 0 Å². The zero-order chi connectivity index (χ0) is 21.2. The van der Waals surface area contributed by atoms with Gasteiger partial charge >= 0.3 is 0 Å². The fourth-order valence-corrected chi connectivity index (χ4v) is 6.54. The summed E-state index contributed by atoms with van der Waals surface area (Å²) in [5.41, 5.74) is 3.73. The van der Waals surface area contributed by atoms with Gasteiger partial charge in [0.05, 0.1) is 4.88 Å². The standard InChI is InChI=1S/C24H26FN3OS2/c25-18-3-5-19(6-4-18)28-13-11-27(12-14-28)10-1-9-26-24(29)22-16-17-2-7-21-20(8-15-30-21)23(17)31-22/h3-6,8,15-16H,1-2,7,9-14H2,(H,26,29). The third-order valence-corrected chi connectivity index (χ3v) is 8.34. The van der Waals surface area contributed by atoms with Crippen molar-refractivity contribution in [3.8, 4) is 10.4 Å². The van der Waals surface area contributed by atoms with E-state index in [1.807, 2.05) is 23.5 Å². The van der Waals surface area contributed by atoms with Crippen LogP contribution in [0.2, 0.25) is 0 Å². The number of nitrogens with one attached hydrogen (secondary N) is 1. The predicted octanol–water partition coefficient (Wildman–Crippen LogP) is 4.66. The summed E-state index contributed by atoms with van der Waals surface area (Å²) < 4.78 is 13.1. The topological polar surface area (TPSA) is 35.6 Å². The van der Waals surface area contributed by atoms with Crippen LogP contribution >= 0.6 is 22.7 Å². The van der Waals surface area contributed by atoms with Gasteiger partial charge in [-0.3, -0.25) is 9.69 Å². The molecule has 2 aromatic heterocycles. The van der Waals surface area contributed by atoms with Gasteiger partial charge < -0.3 is 10.2 Å². The van der Waals surface area contributed by atoms with E-state index in [-0.39, 0.29) is 11.7 Å². The number of fused-ring (bicyclic) bond motifs is 3. The van der Waals surface area contributed by atoms with Crippen LogP contribution in [0.5, 0.6) is 0 Å². The lowest BCUT2D eigenvalue weighted by Gasteiger charge is -2.36. The molecule has 1 amide bonds. The Morgan fingerprint density at radius 2 is 1.87 bits per heavy atom. The van der Waals surface area contributed by atoms with E-state index >= 15 is 0 Å². The SMILES string of the molecule is O=C(NCCCN1CCN(c2ccc(F)cc2)CC1)c1cc2c(s1)-c1ccsc1CC2. The second-order valence-electron chi connectivity index (χ2n) is 8.14. The number of carbonyl (C=O) groups excluding carboxylic acids is 1. The first kappa shape index (κ1) is 20.7. The molecule has 1 saturated heterocycles. The molecular weight excluding hydrogens is 429 g/mol. The Morgan fingerprint density at radius 1 is 1.06 bits per heavy atom. The molecule has 1 aromatic carbocycles. The molecule has 162 valence electrons. The minimum absolute atomic E-state index is 0.0531. The summed E-state index contributed by atoms with van der Waals surface area (Å²) in [5, 5.41) is 5.26. The lowest BCUT2D eigenvalue weighted by molar-refractivity contribution is 0.0955. The van der Waals surface area contributed by atoms with Crippen molar-refractivity contribution in [2.24, 2.45) is 0 Å². The molecule has 2 aliphatic rings. The molecule has 3 heterocycles. The Bertz CT molecular complexity index is 1050. The molecule has 0 bridgehead atoms. The number of benzene rings is 1. The van der Waals surface area contributed by atoms with E-state index < -0.39 is 0 Å². The number of nitrogens with zero attached hydrogens (tertiary/aromatic N) is 2. The van der Waals surface area contributed by atoms with Crippen LogP contribution in [0.1, 0.15) is 26.5 Å². The lowest BCUT2D eigenvalue weighted by Crippen LogP contribution is -2.47. The van der Waals surface area contributed by atoms with Gasteiger partial charge in [0.1, 0.15) is 5.82 Å². The largest absolute Gasteiger partial charge is 0.369 e. The van der Waals surface area contributed by atoms with Crippen LogP contribution in [0.4, 0.5) is 10.1 Å². The van der Waals surface area contributed by atoms with Crippen molar-refractivity contribution >= 4 is 34.3 Å². The molecule has 1 aliphatic heterocycles. The predicted molar refractivity (Wildman–Crippen MR) is 127 cm³/mol. The molecule has 1 aliphatic carbocycles. The Labute approximate surface area is 190 Å². The number of halogens is 1. The van der Waals surface area contributed by atoms with Crippen molar-refractivity contribution in [2.45, 2.75) is 19.3 Å². The highest BCUT2D eigenvalue weighted by molar-refractivity contribution is 7.18. The first-order valence-electron chi connectivity index (χ1n) is 10.9. The van der Waals surface area contributed by atoms with Crippen molar-refractivity contribution in [3.63, 3.8) is 0 Å². The molecule has 4 nitrogen and oxygen atoms in total. The molecule has 1 N–H and O–H groups in total. The number of piperazine rings is 1. The molecule has 0 spiro atoms. The molecule has 0 saturated carbocycles. The highest BCUT2D eigenvalue weighted by Crippen LogP contribution is 2.41. The summed E-state index contributed by atoms with van der Waals surface area (Å²) in [4.78, 5) is 20.9. The molecule has 0 unspecified atom stereocenters. The van der Waals surface area contributed by atoms with Gasteiger partial charge in [0, 0.05) is 53.7 Å². The second kappa shape index (κ2) is 9.10. The van der Waals surface area contributed by atoms with Crippen molar-refractivity contribution in [1.29, 1.82) is 0 Å². The zero-order valence-electron chi connectivity index (χ0n) is 17.4. The average Bonchev–Trinajstić information content (AvgIpc) is 3.44. The number of carbonyl (C=O) groups is 1. The van der Waals surface area contributed by atoms with Gasteiger partial charge in [0.2, 0.25) is 0 Å². The van der Waals surface area contributed by atoms with Crippen LogP contribution in [0, 0.1) is 5.82 Å². The lowest BCUT2D eigenvalue weighted by atomic mass is 9.98. The van der Waals surface area contributed by atoms with Gasteiger partial charge in [-0.05, 0) is 73.1 Å². The minimum atomic E-state index is -0.191. The van der Waals surface area contributed by atoms with Crippen LogP contribution < -0.4 is 10.2 Å². The highest BCUT2D eigenvalue weighted by Gasteiger charge is 2.22. The second-order valence-corrected chi connectivity index (χ2v) is 10.2. The Balaban J connectivity index is 1.06. The monoisotopic (exact) mass is 455 g/mol. The van der Waals surface area contributed by atoms with E-state index in [1.54, 1.807) is 11.3 Å². The molecule has 5 rings (SSSR count). The summed E-state index contributed by atoms with van der Waals surface area (Å²) in [6.07, 6.45) is 3.07. The fourth-order valence-electron chi connectivity index (χ4n) is 4.41. The average molecular weight is 456 g/mol. The number of rotatable bonds is 6. The van der Waals surface area contributed by atoms with E-state index in [0.717, 1.165) is 62.6 Å². The third-order valence-electron chi connectivity index (χ3n) is 6.14. The number of amides is 1. The van der Waals surface area contributed by atoms with Crippen LogP contribution in [-0.4, -0.2) is 50.1 Å². The normalized spacial score (nSPS) is 16.1. The zero-order valence-corrected chi connectivity index (χ0v) is 19.0. The Kier molecular flexibility index (Phi) is 6.07. The van der Waals surface area contributed by atoms with Crippen LogP contribution in [0.3, 0.4) is 0 Å². The maximum Gasteiger partial charge on any atom is 0.261 e. The summed E-state index contributed by atoms with van der Waals surface area (Å²) >= 11 is 3.45. The van der Waals surface area contributed by atoms with Crippen molar-refractivity contribution < 1.29 is 9.18 Å². The molecular formula is C24H26FN3OS2. The Hall–Kier alpha value is -2.22. The van der Waals surface area contributed by atoms with Gasteiger partial charge in [-0.25, -0.2) is 4.39 Å². The summed E-state index contributed by atoms with van der Waals surface area (Å²) in [6.45, 7) is 5.56. The molecule has 0 radical (unpaired) electrons. The smallest absolute Gasteiger partial charge is 0.261 e. The summed E-state index contributed by atoms with van der Waals surface area (Å²) in [7, 11) is 0. The van der Waals surface area contributed by atoms with Crippen molar-refractivity contribution in [1.82, 2.24) is 10.2 Å². The molecule has 1 fully saturated rings. The summed E-state index contributed by atoms with van der Waals surface area (Å²) in [6, 6.07) is 11.0. The van der Waals surface area contributed by atoms with Gasteiger partial charge in [0.15, 0.2) is 0 Å². The number of hydrogen-bond donors (Lipinski definition) is 1. The third kappa shape index (κ3) is 4.54. The molecule has 31 heavy (non-hydrogen) atoms. The summed E-state index contributed by atoms with van der Waals surface area (Å²) in [5.74, 6) is -0.138. The quantitative estimate of drug-likeness (QED) is 0.550. The number of hydrogen-bond acceptors (Lipinski definition) is 5. The number of thiophene rings is 2. The van der Waals surface area contributed by atoms with Crippen molar-refractivity contribution in [3.05, 3.63) is 62.9 Å². The van der Waals surface area contributed by atoms with Gasteiger partial charge in [-0.1, -0.05) is 0 Å². The maximum atomic E-state index is 13.1. The fraction of sp³-hybridized carbons (Fsp3) is 0.375. The van der Waals surface area contributed by atoms with Crippen molar-refractivity contribution in [2.75, 3.05) is 44.2 Å². The van der Waals surface area contributed by atoms with Gasteiger partial charge in [0.25, 0.3) is 5.91 Å². The molecule has 7 heteroatoms. The van der Waals surface area contributed by atoms with E-state index in [0.29, 0.717) is 6.54 Å². The molecule has 3 aromatic rings. The van der Waals surface area contributed by atoms with E-state index in [9.17, 15) is 9.18 Å². The van der Waals surface area contributed by atoms with E-state index in [2.05, 4.69) is 32.6 Å². The maximum absolute atomic E-state index is 13.1. The number of aryl methyl sites for hydroxylation is 2. The first-order chi connectivity index (χ1) is 15.2. The Morgan fingerprint density at radius 3 is 2.68 bits per heavy atom. The van der Waals surface area contributed by atoms with Gasteiger partial charge in [-0.15, -0.1) is 22.7 Å². The minimum Gasteiger partial charge on any atom is -0.369 e. The van der Waals surface area contributed by atoms with E-state index in [1.165, 1.54) is 33.0 Å². The van der Waals surface area contributed by atoms with Gasteiger partial charge in [-0.2, -0.15) is 0 Å². The molecule has 0 atom stereocenters. The van der Waals surface area contributed by atoms with Crippen LogP contribution in [0.15, 0.2) is 41.8 Å². The first-order valence-corrected chi connectivity index (χ1v) is 12.6.